The average Bonchev–Trinajstić information content (AvgIpc) is 3.38. The van der Waals surface area contributed by atoms with Gasteiger partial charge < -0.3 is 27.6 Å². The van der Waals surface area contributed by atoms with E-state index in [1.807, 2.05) is 109 Å². The van der Waals surface area contributed by atoms with Crippen LogP contribution in [0.5, 0.6) is 0 Å². The van der Waals surface area contributed by atoms with Crippen molar-refractivity contribution in [2.24, 2.45) is 5.73 Å². The van der Waals surface area contributed by atoms with Crippen molar-refractivity contribution in [2.75, 3.05) is 11.5 Å². The number of nitrogen functional groups attached to an aromatic ring is 2. The lowest BCUT2D eigenvalue weighted by molar-refractivity contribution is 0.0696. The van der Waals surface area contributed by atoms with E-state index in [2.05, 4.69) is 41.3 Å². The maximum atomic E-state index is 12.8. The molecule has 1 amide bonds. The lowest BCUT2D eigenvalue weighted by Gasteiger charge is -2.09. The summed E-state index contributed by atoms with van der Waals surface area (Å²) in [6, 6.07) is 45.0. The second kappa shape index (κ2) is 22.2. The van der Waals surface area contributed by atoms with Crippen LogP contribution in [-0.2, 0) is 25.9 Å². The van der Waals surface area contributed by atoms with E-state index in [0.29, 0.717) is 60.2 Å². The van der Waals surface area contributed by atoms with Gasteiger partial charge in [-0.2, -0.15) is 10.5 Å². The van der Waals surface area contributed by atoms with E-state index < -0.39 is 5.97 Å². The van der Waals surface area contributed by atoms with E-state index in [1.54, 1.807) is 42.9 Å². The smallest absolute Gasteiger partial charge is 0.335 e. The predicted molar refractivity (Wildman–Crippen MR) is 272 cm³/mol. The summed E-state index contributed by atoms with van der Waals surface area (Å²) in [6.45, 7) is 0.954. The number of hydrogen-bond acceptors (Lipinski definition) is 13. The van der Waals surface area contributed by atoms with Crippen molar-refractivity contribution >= 4 is 66.9 Å². The molecular weight excluding hydrogens is 877 g/mol. The Balaban J connectivity index is 0.000000171. The molecule has 0 unspecified atom stereocenters. The molecule has 6 heterocycles. The van der Waals surface area contributed by atoms with Gasteiger partial charge in [0.2, 0.25) is 0 Å². The van der Waals surface area contributed by atoms with Gasteiger partial charge in [-0.15, -0.1) is 0 Å². The van der Waals surface area contributed by atoms with E-state index in [9.17, 15) is 9.59 Å². The number of anilines is 2. The number of carbonyl (C=O) groups excluding carboxylic acids is 1. The van der Waals surface area contributed by atoms with Gasteiger partial charge in [-0.1, -0.05) is 43.8 Å². The fraction of sp³-hybridized carbons (Fsp3) is 0.0909. The maximum absolute atomic E-state index is 12.8. The first kappa shape index (κ1) is 48.2. The number of rotatable bonds is 9. The largest absolute Gasteiger partial charge is 0.478 e. The second-order valence-corrected chi connectivity index (χ2v) is 15.8. The van der Waals surface area contributed by atoms with E-state index in [0.717, 1.165) is 71.3 Å². The number of aromatic nitrogens is 6. The summed E-state index contributed by atoms with van der Waals surface area (Å²) in [7, 11) is 0. The molecule has 6 aromatic heterocycles. The van der Waals surface area contributed by atoms with Crippen LogP contribution in [0.1, 0.15) is 73.2 Å². The zero-order chi connectivity index (χ0) is 48.3. The highest BCUT2D eigenvalue weighted by atomic mass is 16.4. The summed E-state index contributed by atoms with van der Waals surface area (Å²) in [4.78, 5) is 49.0. The molecule has 0 saturated carbocycles. The zero-order valence-corrected chi connectivity index (χ0v) is 36.9. The molecular formula is C55H46N12O3. The third-order valence-electron chi connectivity index (χ3n) is 11.1. The first-order valence-electron chi connectivity index (χ1n) is 21.5. The highest BCUT2D eigenvalue weighted by molar-refractivity contribution is 5.95. The molecule has 0 aliphatic heterocycles. The molecule has 344 valence electrons. The molecule has 70 heavy (non-hydrogen) atoms. The molecule has 15 nitrogen and oxygen atoms in total. The van der Waals surface area contributed by atoms with E-state index in [4.69, 9.17) is 32.8 Å². The van der Waals surface area contributed by atoms with Gasteiger partial charge in [0.25, 0.3) is 5.91 Å². The number of nitrogens with zero attached hydrogens (tertiary/aromatic N) is 8. The average molecular weight is 923 g/mol. The van der Waals surface area contributed by atoms with Crippen molar-refractivity contribution in [1.82, 2.24) is 35.2 Å². The lowest BCUT2D eigenvalue weighted by Crippen LogP contribution is -2.23. The van der Waals surface area contributed by atoms with Crippen LogP contribution < -0.4 is 22.5 Å². The highest BCUT2D eigenvalue weighted by Gasteiger charge is 2.10. The van der Waals surface area contributed by atoms with Gasteiger partial charge >= 0.3 is 5.97 Å². The van der Waals surface area contributed by atoms with Gasteiger partial charge in [0.15, 0.2) is 0 Å². The number of hydrogen-bond donors (Lipinski definition) is 5. The van der Waals surface area contributed by atoms with Crippen molar-refractivity contribution in [2.45, 2.75) is 33.4 Å². The molecule has 4 aromatic carbocycles. The molecule has 10 rings (SSSR count). The molecule has 0 radical (unpaired) electrons. The van der Waals surface area contributed by atoms with Gasteiger partial charge in [-0.05, 0) is 130 Å². The minimum atomic E-state index is -0.963. The van der Waals surface area contributed by atoms with Crippen molar-refractivity contribution in [1.29, 1.82) is 10.5 Å². The number of carbonyl (C=O) groups is 2. The number of amides is 1. The quantitative estimate of drug-likeness (QED) is 0.0905. The van der Waals surface area contributed by atoms with Crippen molar-refractivity contribution in [3.8, 4) is 12.1 Å². The number of fused-ring (bicyclic) bond motifs is 4. The molecule has 0 bridgehead atoms. The second-order valence-electron chi connectivity index (χ2n) is 15.8. The Morgan fingerprint density at radius 2 is 0.986 bits per heavy atom. The first-order chi connectivity index (χ1) is 33.5. The fourth-order valence-electron chi connectivity index (χ4n) is 7.56. The molecule has 0 saturated heterocycles. The summed E-state index contributed by atoms with van der Waals surface area (Å²) in [6.07, 6.45) is 7.65. The van der Waals surface area contributed by atoms with Gasteiger partial charge in [0, 0.05) is 89.2 Å². The molecule has 0 spiro atoms. The molecule has 0 atom stereocenters. The fourth-order valence-corrected chi connectivity index (χ4v) is 7.56. The normalized spacial score (nSPS) is 10.4. The zero-order valence-electron chi connectivity index (χ0n) is 36.9. The van der Waals surface area contributed by atoms with Gasteiger partial charge in [-0.3, -0.25) is 14.8 Å². The number of carboxylic acid groups (broad SMARTS) is 1. The number of nitriles is 2. The molecule has 10 aromatic rings. The Kier molecular flexibility index (Phi) is 15.3. The number of benzene rings is 4. The number of nitrogens with one attached hydrogen (secondary N) is 1. The number of carboxylic acids is 1. The van der Waals surface area contributed by atoms with Crippen molar-refractivity contribution < 1.29 is 14.7 Å². The lowest BCUT2D eigenvalue weighted by atomic mass is 10.0. The van der Waals surface area contributed by atoms with Gasteiger partial charge in [0.05, 0.1) is 16.6 Å². The van der Waals surface area contributed by atoms with Crippen LogP contribution >= 0.6 is 0 Å². The van der Waals surface area contributed by atoms with Crippen LogP contribution in [0, 0.1) is 22.7 Å². The van der Waals surface area contributed by atoms with Crippen molar-refractivity contribution in [3.63, 3.8) is 0 Å². The monoisotopic (exact) mass is 922 g/mol. The standard InChI is InChI=1S/C27H20N6O.C17H11N3O2.C10H11N3.CH4/c28-15-22-4-3-20-11-17(2-6-25(20)33-22)13-23-14-21(8-9-30-23)27(34)32-16-18-1-5-24-19(12-18)7-10-31-26(24)29;18-10-14-3-2-12-7-11(1-4-16(12)20-14)8-15-9-13(17(21)22)5-6-19-15;11-6-7-1-2-9-8(5-7)3-4-13-10(9)12;/h1-12,14H,13,16H2,(H2,29,31)(H,32,34);1-7,9H,8H2,(H,21,22);1-5H,6,11H2,(H2,12,13);1H4. The molecule has 0 fully saturated rings. The number of aromatic carboxylic acids is 1. The topological polar surface area (TPSA) is 269 Å². The molecule has 15 heteroatoms. The summed E-state index contributed by atoms with van der Waals surface area (Å²) < 4.78 is 0. The van der Waals surface area contributed by atoms with E-state index in [-0.39, 0.29) is 18.9 Å². The summed E-state index contributed by atoms with van der Waals surface area (Å²) >= 11 is 0. The summed E-state index contributed by atoms with van der Waals surface area (Å²) in [5.41, 5.74) is 25.9. The van der Waals surface area contributed by atoms with Gasteiger partial charge in [0.1, 0.15) is 35.2 Å². The predicted octanol–water partition coefficient (Wildman–Crippen LogP) is 8.85. The Morgan fingerprint density at radius 3 is 1.50 bits per heavy atom. The summed E-state index contributed by atoms with van der Waals surface area (Å²) in [5, 5.41) is 35.7. The molecule has 8 N–H and O–H groups in total. The Hall–Kier alpha value is -9.70. The Bertz CT molecular complexity index is 3640. The van der Waals surface area contributed by atoms with Crippen LogP contribution in [0.2, 0.25) is 0 Å². The molecule has 0 aliphatic carbocycles. The minimum absolute atomic E-state index is 0. The van der Waals surface area contributed by atoms with Crippen LogP contribution in [0.15, 0.2) is 158 Å². The summed E-state index contributed by atoms with van der Waals surface area (Å²) in [5.74, 6) is -0.0619. The third kappa shape index (κ3) is 11.8. The van der Waals surface area contributed by atoms with Crippen LogP contribution in [-0.4, -0.2) is 46.9 Å². The molecule has 0 aliphatic rings. The van der Waals surface area contributed by atoms with E-state index >= 15 is 0 Å². The van der Waals surface area contributed by atoms with Crippen LogP contribution in [0.3, 0.4) is 0 Å². The van der Waals surface area contributed by atoms with Crippen LogP contribution in [0.25, 0.3) is 43.4 Å². The highest BCUT2D eigenvalue weighted by Crippen LogP contribution is 2.22. The van der Waals surface area contributed by atoms with Crippen LogP contribution in [0.4, 0.5) is 11.6 Å². The third-order valence-corrected chi connectivity index (χ3v) is 11.1. The SMILES string of the molecule is C.N#Cc1ccc2cc(Cc3cc(C(=O)NCc4ccc5c(N)nccc5c4)ccn3)ccc2n1.N#Cc1ccc2cc(Cc3cc(C(=O)O)ccn3)ccc2n1.NCc1ccc2c(N)nccc2c1. The van der Waals surface area contributed by atoms with Crippen molar-refractivity contribution in [3.05, 3.63) is 214 Å². The number of pyridine rings is 6. The van der Waals surface area contributed by atoms with E-state index in [1.165, 1.54) is 12.3 Å². The van der Waals surface area contributed by atoms with Gasteiger partial charge in [-0.25, -0.2) is 24.7 Å². The minimum Gasteiger partial charge on any atom is -0.478 e. The Labute approximate surface area is 403 Å². The first-order valence-corrected chi connectivity index (χ1v) is 21.5. The number of nitrogens with two attached hydrogens (primary N) is 3. The Morgan fingerprint density at radius 1 is 0.529 bits per heavy atom. The maximum Gasteiger partial charge on any atom is 0.335 e.